The second-order valence-corrected chi connectivity index (χ2v) is 18.1. The van der Waals surface area contributed by atoms with E-state index in [1.54, 1.807) is 25.0 Å². The van der Waals surface area contributed by atoms with E-state index in [0.717, 1.165) is 35.9 Å². The summed E-state index contributed by atoms with van der Waals surface area (Å²) in [6.07, 6.45) is 8.95. The van der Waals surface area contributed by atoms with E-state index in [1.165, 1.54) is 23.5 Å². The number of ether oxygens (including phenoxy) is 2. The number of thiazole rings is 1. The number of aromatic nitrogens is 1. The van der Waals surface area contributed by atoms with E-state index in [1.807, 2.05) is 36.4 Å². The van der Waals surface area contributed by atoms with Crippen molar-refractivity contribution in [2.75, 3.05) is 13.7 Å². The summed E-state index contributed by atoms with van der Waals surface area (Å²) < 4.78 is 54.4. The van der Waals surface area contributed by atoms with Crippen LogP contribution >= 0.6 is 11.3 Å². The first-order valence-corrected chi connectivity index (χ1v) is 20.1. The van der Waals surface area contributed by atoms with Crippen LogP contribution in [0.4, 0.5) is 4.39 Å². The van der Waals surface area contributed by atoms with Crippen LogP contribution in [0, 0.1) is 23.1 Å². The van der Waals surface area contributed by atoms with Gasteiger partial charge in [0.2, 0.25) is 21.8 Å². The third-order valence-electron chi connectivity index (χ3n) is 11.2. The van der Waals surface area contributed by atoms with Gasteiger partial charge in [0.15, 0.2) is 5.78 Å². The number of hydrogen-bond acceptors (Lipinski definition) is 9. The lowest BCUT2D eigenvalue weighted by atomic mass is 9.90. The first-order chi connectivity index (χ1) is 24.4. The maximum atomic E-state index is 14.5. The van der Waals surface area contributed by atoms with Crippen molar-refractivity contribution in [1.29, 1.82) is 0 Å². The first-order valence-electron chi connectivity index (χ1n) is 17.8. The van der Waals surface area contributed by atoms with Crippen molar-refractivity contribution in [3.05, 3.63) is 66.0 Å². The normalized spacial score (nSPS) is 28.6. The third kappa shape index (κ3) is 7.42. The molecular formula is C38H44FN3O7S2. The number of Topliss-reactive ketones (excluding diaryl/α,β-unsaturated/α-hetero) is 1. The van der Waals surface area contributed by atoms with Gasteiger partial charge in [0.25, 0.3) is 5.19 Å². The Bertz CT molecular complexity index is 1980. The summed E-state index contributed by atoms with van der Waals surface area (Å²) in [5, 5.41) is 0.407. The first kappa shape index (κ1) is 35.6. The fraction of sp³-hybridized carbons (Fsp3) is 0.526. The molecule has 272 valence electrons. The Labute approximate surface area is 301 Å². The highest BCUT2D eigenvalue weighted by Crippen LogP contribution is 2.57. The van der Waals surface area contributed by atoms with E-state index in [0.29, 0.717) is 48.6 Å². The minimum Gasteiger partial charge on any atom is -0.497 e. The number of allylic oxidation sites excluding steroid dienone is 2. The van der Waals surface area contributed by atoms with Gasteiger partial charge in [0, 0.05) is 18.8 Å². The van der Waals surface area contributed by atoms with Gasteiger partial charge in [-0.15, -0.1) is 0 Å². The van der Waals surface area contributed by atoms with Gasteiger partial charge in [-0.25, -0.2) is 17.8 Å². The van der Waals surface area contributed by atoms with Crippen molar-refractivity contribution in [1.82, 2.24) is 14.6 Å². The van der Waals surface area contributed by atoms with Crippen LogP contribution in [-0.4, -0.2) is 66.4 Å². The van der Waals surface area contributed by atoms with Gasteiger partial charge >= 0.3 is 0 Å². The highest BCUT2D eigenvalue weighted by Gasteiger charge is 2.62. The number of ketones is 1. The molecule has 3 aromatic rings. The van der Waals surface area contributed by atoms with E-state index in [9.17, 15) is 27.2 Å². The van der Waals surface area contributed by atoms with Gasteiger partial charge in [0.1, 0.15) is 17.7 Å². The molecule has 1 saturated heterocycles. The quantitative estimate of drug-likeness (QED) is 0.273. The molecule has 1 aromatic heterocycles. The number of carbonyl (C=O) groups is 3. The minimum atomic E-state index is -3.92. The van der Waals surface area contributed by atoms with Crippen LogP contribution in [0.2, 0.25) is 0 Å². The Morgan fingerprint density at radius 3 is 2.73 bits per heavy atom. The predicted octanol–water partition coefficient (Wildman–Crippen LogP) is 6.14. The zero-order valence-electron chi connectivity index (χ0n) is 28.9. The fourth-order valence-corrected chi connectivity index (χ4v) is 9.81. The Morgan fingerprint density at radius 1 is 1.14 bits per heavy atom. The van der Waals surface area contributed by atoms with Crippen molar-refractivity contribution in [3.8, 4) is 10.9 Å². The number of amides is 2. The van der Waals surface area contributed by atoms with Crippen LogP contribution in [0.5, 0.6) is 10.9 Å². The van der Waals surface area contributed by atoms with E-state index < -0.39 is 44.2 Å². The summed E-state index contributed by atoms with van der Waals surface area (Å²) in [6, 6.07) is 10.9. The molecule has 3 fully saturated rings. The molecule has 0 radical (unpaired) electrons. The molecule has 2 amide bonds. The molecule has 2 aromatic carbocycles. The summed E-state index contributed by atoms with van der Waals surface area (Å²) >= 11 is 1.35. The molecule has 0 spiro atoms. The number of hydrogen-bond donors (Lipinski definition) is 1. The third-order valence-corrected chi connectivity index (χ3v) is 14.2. The Morgan fingerprint density at radius 2 is 1.96 bits per heavy atom. The molecule has 2 aliphatic heterocycles. The van der Waals surface area contributed by atoms with Crippen molar-refractivity contribution < 1.29 is 36.7 Å². The SMILES string of the molecule is COc1ccc2nc(O[C@@H]3C[C@H]4C(=O)C[C@]5(C(=O)NS(=O)(=O)C6(C)CC6)C[C@H]5/C=C\CCCCC[C@H](Cc5cccc(F)c5)C(=O)N4C3)sc2c1. The van der Waals surface area contributed by atoms with Gasteiger partial charge in [0.05, 0.1) is 40.1 Å². The van der Waals surface area contributed by atoms with E-state index in [2.05, 4.69) is 9.71 Å². The lowest BCUT2D eigenvalue weighted by Crippen LogP contribution is -2.47. The van der Waals surface area contributed by atoms with Crippen LogP contribution in [0.25, 0.3) is 10.2 Å². The summed E-state index contributed by atoms with van der Waals surface area (Å²) in [5.74, 6) is -1.63. The monoisotopic (exact) mass is 737 g/mol. The molecule has 51 heavy (non-hydrogen) atoms. The molecule has 1 N–H and O–H groups in total. The zero-order chi connectivity index (χ0) is 36.0. The number of methoxy groups -OCH3 is 1. The lowest BCUT2D eigenvalue weighted by molar-refractivity contribution is -0.142. The maximum Gasteiger partial charge on any atom is 0.274 e. The van der Waals surface area contributed by atoms with Gasteiger partial charge in [-0.3, -0.25) is 19.1 Å². The summed E-state index contributed by atoms with van der Waals surface area (Å²) in [4.78, 5) is 49.0. The highest BCUT2D eigenvalue weighted by molar-refractivity contribution is 7.91. The molecule has 5 atom stereocenters. The van der Waals surface area contributed by atoms with Crippen molar-refractivity contribution in [3.63, 3.8) is 0 Å². The molecule has 0 bridgehead atoms. The predicted molar refractivity (Wildman–Crippen MR) is 191 cm³/mol. The van der Waals surface area contributed by atoms with Crippen molar-refractivity contribution >= 4 is 49.2 Å². The zero-order valence-corrected chi connectivity index (χ0v) is 30.6. The maximum absolute atomic E-state index is 14.5. The van der Waals surface area contributed by atoms with Crippen LogP contribution < -0.4 is 14.2 Å². The summed E-state index contributed by atoms with van der Waals surface area (Å²) in [6.45, 7) is 1.76. The summed E-state index contributed by atoms with van der Waals surface area (Å²) in [5.41, 5.74) is 0.227. The van der Waals surface area contributed by atoms with E-state index in [4.69, 9.17) is 9.47 Å². The molecule has 2 aliphatic carbocycles. The highest BCUT2D eigenvalue weighted by atomic mass is 32.2. The summed E-state index contributed by atoms with van der Waals surface area (Å²) in [7, 11) is -2.32. The van der Waals surface area contributed by atoms with E-state index >= 15 is 0 Å². The Hall–Kier alpha value is -3.84. The molecular weight excluding hydrogens is 694 g/mol. The number of carbonyl (C=O) groups excluding carboxylic acids is 3. The van der Waals surface area contributed by atoms with Crippen molar-refractivity contribution in [2.24, 2.45) is 17.3 Å². The number of fused-ring (bicyclic) bond motifs is 3. The number of benzene rings is 2. The largest absolute Gasteiger partial charge is 0.497 e. The number of nitrogens with zero attached hydrogens (tertiary/aromatic N) is 2. The molecule has 0 unspecified atom stereocenters. The smallest absolute Gasteiger partial charge is 0.274 e. The average molecular weight is 738 g/mol. The molecule has 10 nitrogen and oxygen atoms in total. The Kier molecular flexibility index (Phi) is 9.72. The second-order valence-electron chi connectivity index (χ2n) is 14.9. The van der Waals surface area contributed by atoms with Gasteiger partial charge in [-0.1, -0.05) is 48.5 Å². The molecule has 13 heteroatoms. The fourth-order valence-electron chi connectivity index (χ4n) is 7.57. The number of sulfonamides is 1. The van der Waals surface area contributed by atoms with Crippen LogP contribution in [-0.2, 0) is 30.8 Å². The van der Waals surface area contributed by atoms with E-state index in [-0.39, 0.29) is 42.8 Å². The minimum absolute atomic E-state index is 0.142. The lowest BCUT2D eigenvalue weighted by Gasteiger charge is -2.29. The van der Waals surface area contributed by atoms with Gasteiger partial charge in [-0.05, 0) is 93.7 Å². The standard InChI is InChI=1S/C38H44FN3O7S2/c1-37(15-16-37)51(46,47)41-35(45)38-21-26(38)11-7-5-3-4-6-10-25(17-24-9-8-12-27(39)18-24)34(44)42-23-29(19-31(42)32(43)22-38)49-36-40-30-14-13-28(48-2)20-33(30)50-36/h7-9,11-14,18,20,25-26,29,31H,3-6,10,15-17,19,21-23H2,1-2H3,(H,41,45)/b11-7-/t25-,26-,29-,31+,38-/m1/s1. The van der Waals surface area contributed by atoms with Gasteiger partial charge < -0.3 is 14.4 Å². The van der Waals surface area contributed by atoms with Crippen LogP contribution in [0.3, 0.4) is 0 Å². The van der Waals surface area contributed by atoms with Crippen molar-refractivity contribution in [2.45, 2.75) is 94.4 Å². The van der Waals surface area contributed by atoms with Crippen LogP contribution in [0.15, 0.2) is 54.6 Å². The molecule has 2 saturated carbocycles. The topological polar surface area (TPSA) is 132 Å². The molecule has 4 aliphatic rings. The van der Waals surface area contributed by atoms with Gasteiger partial charge in [-0.2, -0.15) is 0 Å². The Balaban J connectivity index is 1.18. The average Bonchev–Trinajstić information content (AvgIpc) is 3.91. The number of rotatable bonds is 8. The number of nitrogens with one attached hydrogen (secondary N) is 1. The molecule has 7 rings (SSSR count). The van der Waals surface area contributed by atoms with Crippen LogP contribution in [0.1, 0.15) is 76.7 Å². The molecule has 3 heterocycles. The number of halogens is 1. The second kappa shape index (κ2) is 13.9.